The third-order valence-electron chi connectivity index (χ3n) is 5.57. The van der Waals surface area contributed by atoms with Crippen LogP contribution in [0.1, 0.15) is 34.6 Å². The van der Waals surface area contributed by atoms with Gasteiger partial charge in [0.1, 0.15) is 17.3 Å². The van der Waals surface area contributed by atoms with Gasteiger partial charge in [0.2, 0.25) is 5.91 Å². The first kappa shape index (κ1) is 22.0. The van der Waals surface area contributed by atoms with E-state index < -0.39 is 5.92 Å². The molecule has 1 amide bonds. The second kappa shape index (κ2) is 9.08. The minimum atomic E-state index is -0.457. The maximum Gasteiger partial charge on any atom is 0.279 e. The normalized spacial score (nSPS) is 15.1. The summed E-state index contributed by atoms with van der Waals surface area (Å²) in [4.78, 5) is 30.1. The number of rotatable bonds is 6. The van der Waals surface area contributed by atoms with E-state index in [4.69, 9.17) is 9.47 Å². The molecule has 8 heteroatoms. The van der Waals surface area contributed by atoms with Gasteiger partial charge in [-0.15, -0.1) is 0 Å². The van der Waals surface area contributed by atoms with Gasteiger partial charge in [-0.1, -0.05) is 47.7 Å². The molecule has 1 aliphatic heterocycles. The number of hydrogen-bond donors (Lipinski definition) is 1. The predicted octanol–water partition coefficient (Wildman–Crippen LogP) is 3.87. The summed E-state index contributed by atoms with van der Waals surface area (Å²) >= 11 is 1.47. The Balaban J connectivity index is 1.74. The smallest absolute Gasteiger partial charge is 0.279 e. The van der Waals surface area contributed by atoms with E-state index in [1.54, 1.807) is 30.9 Å². The maximum absolute atomic E-state index is 13.2. The second-order valence-corrected chi connectivity index (χ2v) is 8.65. The van der Waals surface area contributed by atoms with E-state index in [1.165, 1.54) is 17.3 Å². The Bertz CT molecular complexity index is 1240. The lowest BCUT2D eigenvalue weighted by atomic mass is 9.86. The van der Waals surface area contributed by atoms with Gasteiger partial charge in [-0.05, 0) is 18.6 Å². The van der Waals surface area contributed by atoms with Crippen LogP contribution in [0.15, 0.2) is 52.4 Å². The van der Waals surface area contributed by atoms with Gasteiger partial charge in [-0.2, -0.15) is 4.98 Å². The largest absolute Gasteiger partial charge is 0.497 e. The van der Waals surface area contributed by atoms with E-state index in [0.29, 0.717) is 33.8 Å². The molecule has 4 rings (SSSR count). The molecule has 1 unspecified atom stereocenters. The van der Waals surface area contributed by atoms with Crippen LogP contribution in [-0.2, 0) is 17.6 Å². The quantitative estimate of drug-likeness (QED) is 0.453. The summed E-state index contributed by atoms with van der Waals surface area (Å²) in [6.07, 6.45) is 0.141. The Morgan fingerprint density at radius 3 is 2.69 bits per heavy atom. The summed E-state index contributed by atoms with van der Waals surface area (Å²) in [7, 11) is 4.95. The molecular weight excluding hydrogens is 426 g/mol. The van der Waals surface area contributed by atoms with E-state index in [0.717, 1.165) is 11.1 Å². The first-order valence-corrected chi connectivity index (χ1v) is 11.2. The minimum Gasteiger partial charge on any atom is -0.497 e. The molecule has 2 heterocycles. The van der Waals surface area contributed by atoms with E-state index in [9.17, 15) is 9.59 Å². The topological polar surface area (TPSA) is 82.5 Å². The van der Waals surface area contributed by atoms with Crippen molar-refractivity contribution in [1.82, 2.24) is 9.55 Å². The zero-order valence-corrected chi connectivity index (χ0v) is 19.3. The molecular formula is C24H25N3O4S. The van der Waals surface area contributed by atoms with Crippen LogP contribution in [0.2, 0.25) is 0 Å². The average Bonchev–Trinajstić information content (AvgIpc) is 2.79. The predicted molar refractivity (Wildman–Crippen MR) is 125 cm³/mol. The summed E-state index contributed by atoms with van der Waals surface area (Å²) in [6, 6.07) is 13.6. The molecule has 0 saturated heterocycles. The van der Waals surface area contributed by atoms with Crippen LogP contribution in [0, 0.1) is 6.92 Å². The molecule has 1 atom stereocenters. The standard InChI is InChI=1S/C24H25N3O4S/c1-14-6-5-7-15(10-14)13-32-24-26-23(29)21-18(12-20(28)25-22(21)27(24)2)17-9-8-16(30-3)11-19(17)31-4/h5-11,18H,12-13H2,1-4H3,(H,25,28). The van der Waals surface area contributed by atoms with Gasteiger partial charge in [0.25, 0.3) is 5.56 Å². The highest BCUT2D eigenvalue weighted by Gasteiger charge is 2.33. The Labute approximate surface area is 190 Å². The van der Waals surface area contributed by atoms with Gasteiger partial charge in [0.15, 0.2) is 5.16 Å². The molecule has 3 aromatic rings. The number of ether oxygens (including phenoxy) is 2. The Hall–Kier alpha value is -3.26. The van der Waals surface area contributed by atoms with Crippen LogP contribution in [0.25, 0.3) is 0 Å². The molecule has 0 fully saturated rings. The molecule has 32 heavy (non-hydrogen) atoms. The molecule has 1 aromatic heterocycles. The number of amides is 1. The van der Waals surface area contributed by atoms with Gasteiger partial charge in [0.05, 0.1) is 19.8 Å². The minimum absolute atomic E-state index is 0.141. The molecule has 2 aromatic carbocycles. The van der Waals surface area contributed by atoms with Crippen LogP contribution >= 0.6 is 11.8 Å². The highest BCUT2D eigenvalue weighted by Crippen LogP contribution is 2.40. The first-order chi connectivity index (χ1) is 15.4. The zero-order chi connectivity index (χ0) is 22.8. The lowest BCUT2D eigenvalue weighted by molar-refractivity contribution is -0.116. The van der Waals surface area contributed by atoms with Gasteiger partial charge < -0.3 is 19.4 Å². The average molecular weight is 452 g/mol. The molecule has 166 valence electrons. The summed E-state index contributed by atoms with van der Waals surface area (Å²) in [5, 5.41) is 3.44. The van der Waals surface area contributed by atoms with Gasteiger partial charge in [-0.3, -0.25) is 9.59 Å². The molecule has 0 saturated carbocycles. The van der Waals surface area contributed by atoms with Crippen molar-refractivity contribution in [1.29, 1.82) is 0 Å². The molecule has 1 N–H and O–H groups in total. The summed E-state index contributed by atoms with van der Waals surface area (Å²) in [5.74, 6) is 1.74. The number of fused-ring (bicyclic) bond motifs is 1. The number of anilines is 1. The third kappa shape index (κ3) is 4.23. The molecule has 0 aliphatic carbocycles. The second-order valence-electron chi connectivity index (χ2n) is 7.71. The summed E-state index contributed by atoms with van der Waals surface area (Å²) in [5.41, 5.74) is 3.21. The lowest BCUT2D eigenvalue weighted by Gasteiger charge is -2.28. The summed E-state index contributed by atoms with van der Waals surface area (Å²) in [6.45, 7) is 2.05. The molecule has 1 aliphatic rings. The number of aromatic nitrogens is 2. The van der Waals surface area contributed by atoms with E-state index in [2.05, 4.69) is 16.4 Å². The van der Waals surface area contributed by atoms with Gasteiger partial charge in [0, 0.05) is 36.8 Å². The number of methoxy groups -OCH3 is 2. The number of hydrogen-bond acceptors (Lipinski definition) is 6. The molecule has 7 nitrogen and oxygen atoms in total. The van der Waals surface area contributed by atoms with Crippen molar-refractivity contribution < 1.29 is 14.3 Å². The van der Waals surface area contributed by atoms with Crippen LogP contribution in [0.3, 0.4) is 0 Å². The zero-order valence-electron chi connectivity index (χ0n) is 18.5. The van der Waals surface area contributed by atoms with Crippen molar-refractivity contribution in [3.05, 3.63) is 75.1 Å². The Morgan fingerprint density at radius 2 is 1.97 bits per heavy atom. The fourth-order valence-corrected chi connectivity index (χ4v) is 4.89. The van der Waals surface area contributed by atoms with Gasteiger partial charge >= 0.3 is 0 Å². The van der Waals surface area contributed by atoms with Crippen molar-refractivity contribution in [3.63, 3.8) is 0 Å². The molecule has 0 bridgehead atoms. The first-order valence-electron chi connectivity index (χ1n) is 10.2. The number of nitrogens with one attached hydrogen (secondary N) is 1. The van der Waals surface area contributed by atoms with E-state index >= 15 is 0 Å². The highest BCUT2D eigenvalue weighted by molar-refractivity contribution is 7.98. The Morgan fingerprint density at radius 1 is 1.16 bits per heavy atom. The number of carbonyl (C=O) groups is 1. The number of carbonyl (C=O) groups excluding carboxylic acids is 1. The lowest BCUT2D eigenvalue weighted by Crippen LogP contribution is -2.33. The maximum atomic E-state index is 13.2. The number of benzene rings is 2. The van der Waals surface area contributed by atoms with Crippen molar-refractivity contribution in [2.45, 2.75) is 30.2 Å². The SMILES string of the molecule is COc1ccc(C2CC(=O)Nc3c2c(=O)nc(SCc2cccc(C)c2)n3C)c(OC)c1. The van der Waals surface area contributed by atoms with Crippen molar-refractivity contribution >= 4 is 23.5 Å². The summed E-state index contributed by atoms with van der Waals surface area (Å²) < 4.78 is 12.6. The molecule has 0 spiro atoms. The van der Waals surface area contributed by atoms with Crippen LogP contribution in [-0.4, -0.2) is 29.7 Å². The fourth-order valence-electron chi connectivity index (χ4n) is 3.99. The van der Waals surface area contributed by atoms with Crippen LogP contribution in [0.4, 0.5) is 5.82 Å². The van der Waals surface area contributed by atoms with Crippen molar-refractivity contribution in [3.8, 4) is 11.5 Å². The van der Waals surface area contributed by atoms with Crippen molar-refractivity contribution in [2.75, 3.05) is 19.5 Å². The number of aryl methyl sites for hydroxylation is 1. The fraction of sp³-hybridized carbons (Fsp3) is 0.292. The van der Waals surface area contributed by atoms with Crippen molar-refractivity contribution in [2.24, 2.45) is 7.05 Å². The highest BCUT2D eigenvalue weighted by atomic mass is 32.2. The number of nitrogens with zero attached hydrogens (tertiary/aromatic N) is 2. The third-order valence-corrected chi connectivity index (χ3v) is 6.67. The van der Waals surface area contributed by atoms with E-state index in [-0.39, 0.29) is 17.9 Å². The van der Waals surface area contributed by atoms with Crippen LogP contribution in [0.5, 0.6) is 11.5 Å². The number of thioether (sulfide) groups is 1. The monoisotopic (exact) mass is 451 g/mol. The van der Waals surface area contributed by atoms with E-state index in [1.807, 2.05) is 38.2 Å². The van der Waals surface area contributed by atoms with Gasteiger partial charge in [-0.25, -0.2) is 0 Å². The molecule has 0 radical (unpaired) electrons. The Kier molecular flexibility index (Phi) is 6.23. The van der Waals surface area contributed by atoms with Crippen LogP contribution < -0.4 is 20.3 Å².